The van der Waals surface area contributed by atoms with E-state index in [2.05, 4.69) is 35.7 Å². The molecule has 4 nitrogen and oxygen atoms in total. The summed E-state index contributed by atoms with van der Waals surface area (Å²) in [6, 6.07) is 10.6. The van der Waals surface area contributed by atoms with E-state index in [4.69, 9.17) is 4.74 Å². The van der Waals surface area contributed by atoms with E-state index in [9.17, 15) is 4.79 Å². The fraction of sp³-hybridized carbons (Fsp3) is 0.526. The molecule has 1 saturated heterocycles. The van der Waals surface area contributed by atoms with Gasteiger partial charge in [0.15, 0.2) is 0 Å². The van der Waals surface area contributed by atoms with Crippen molar-refractivity contribution in [1.82, 2.24) is 9.80 Å². The quantitative estimate of drug-likeness (QED) is 0.794. The van der Waals surface area contributed by atoms with Gasteiger partial charge in [0.2, 0.25) is 0 Å². The van der Waals surface area contributed by atoms with Crippen molar-refractivity contribution in [3.8, 4) is 0 Å². The van der Waals surface area contributed by atoms with Gasteiger partial charge < -0.3 is 9.64 Å². The predicted molar refractivity (Wildman–Crippen MR) is 93.3 cm³/mol. The number of carbonyl (C=O) groups excluding carboxylic acids is 1. The zero-order valence-corrected chi connectivity index (χ0v) is 14.5. The molecule has 1 aromatic carbocycles. The Balaban J connectivity index is 1.99. The van der Waals surface area contributed by atoms with Crippen molar-refractivity contribution in [1.29, 1.82) is 0 Å². The third-order valence-corrected chi connectivity index (χ3v) is 3.88. The van der Waals surface area contributed by atoms with Crippen LogP contribution in [0.25, 0.3) is 0 Å². The average molecular weight is 316 g/mol. The normalized spacial score (nSPS) is 19.4. The van der Waals surface area contributed by atoms with Gasteiger partial charge in [-0.1, -0.05) is 36.4 Å². The van der Waals surface area contributed by atoms with E-state index in [0.717, 1.165) is 26.1 Å². The van der Waals surface area contributed by atoms with Crippen molar-refractivity contribution in [2.24, 2.45) is 0 Å². The molecule has 1 aliphatic heterocycles. The van der Waals surface area contributed by atoms with Crippen LogP contribution in [0.4, 0.5) is 4.79 Å². The summed E-state index contributed by atoms with van der Waals surface area (Å²) in [5.74, 6) is 0. The summed E-state index contributed by atoms with van der Waals surface area (Å²) in [6.45, 7) is 12.9. The molecule has 23 heavy (non-hydrogen) atoms. The average Bonchev–Trinajstić information content (AvgIpc) is 2.47. The van der Waals surface area contributed by atoms with Gasteiger partial charge in [-0.3, -0.25) is 4.90 Å². The third-order valence-electron chi connectivity index (χ3n) is 3.88. The van der Waals surface area contributed by atoms with E-state index in [1.807, 2.05) is 37.8 Å². The van der Waals surface area contributed by atoms with Gasteiger partial charge in [-0.05, 0) is 32.8 Å². The van der Waals surface area contributed by atoms with Gasteiger partial charge in [0.05, 0.1) is 6.04 Å². The summed E-state index contributed by atoms with van der Waals surface area (Å²) in [7, 11) is 0. The van der Waals surface area contributed by atoms with Crippen LogP contribution in [-0.4, -0.2) is 47.2 Å². The van der Waals surface area contributed by atoms with Crippen LogP contribution < -0.4 is 0 Å². The minimum atomic E-state index is -0.461. The molecule has 0 aliphatic carbocycles. The number of rotatable bonds is 4. The van der Waals surface area contributed by atoms with Crippen molar-refractivity contribution < 1.29 is 9.53 Å². The molecule has 4 heteroatoms. The van der Waals surface area contributed by atoms with Crippen molar-refractivity contribution >= 4 is 6.09 Å². The highest BCUT2D eigenvalue weighted by Gasteiger charge is 2.32. The highest BCUT2D eigenvalue weighted by atomic mass is 16.6. The Hall–Kier alpha value is -1.81. The Kier molecular flexibility index (Phi) is 5.83. The fourth-order valence-electron chi connectivity index (χ4n) is 2.86. The van der Waals surface area contributed by atoms with Gasteiger partial charge in [0.1, 0.15) is 5.60 Å². The van der Waals surface area contributed by atoms with Gasteiger partial charge in [0, 0.05) is 26.2 Å². The molecular weight excluding hydrogens is 288 g/mol. The Morgan fingerprint density at radius 3 is 2.61 bits per heavy atom. The number of nitrogens with zero attached hydrogens (tertiary/aromatic N) is 2. The summed E-state index contributed by atoms with van der Waals surface area (Å²) in [5, 5.41) is 0. The van der Waals surface area contributed by atoms with Crippen molar-refractivity contribution in [3.63, 3.8) is 0 Å². The minimum absolute atomic E-state index is 0.125. The first-order valence-electron chi connectivity index (χ1n) is 8.26. The van der Waals surface area contributed by atoms with Crippen LogP contribution in [0.15, 0.2) is 43.0 Å². The number of ether oxygens (including phenoxy) is 1. The zero-order valence-electron chi connectivity index (χ0n) is 14.5. The molecule has 1 amide bonds. The monoisotopic (exact) mass is 316 g/mol. The van der Waals surface area contributed by atoms with Crippen LogP contribution in [0.1, 0.15) is 32.8 Å². The molecule has 1 aliphatic rings. The lowest BCUT2D eigenvalue weighted by molar-refractivity contribution is -0.00191. The van der Waals surface area contributed by atoms with Crippen LogP contribution in [0, 0.1) is 0 Å². The van der Waals surface area contributed by atoms with E-state index in [1.54, 1.807) is 0 Å². The molecule has 0 radical (unpaired) electrons. The van der Waals surface area contributed by atoms with Gasteiger partial charge >= 0.3 is 6.09 Å². The van der Waals surface area contributed by atoms with Gasteiger partial charge in [-0.15, -0.1) is 6.58 Å². The summed E-state index contributed by atoms with van der Waals surface area (Å²) in [6.07, 6.45) is 2.45. The standard InChI is InChI=1S/C19H28N2O2/c1-5-9-17-15-20(14-16-10-7-6-8-11-16)12-13-21(17)18(22)23-19(2,3)4/h5-8,10-11,17H,1,9,12-15H2,2-4H3. The largest absolute Gasteiger partial charge is 0.444 e. The summed E-state index contributed by atoms with van der Waals surface area (Å²) in [4.78, 5) is 16.7. The lowest BCUT2D eigenvalue weighted by Gasteiger charge is -2.41. The number of amides is 1. The summed E-state index contributed by atoms with van der Waals surface area (Å²) < 4.78 is 5.54. The van der Waals surface area contributed by atoms with Crippen LogP contribution in [0.3, 0.4) is 0 Å². The molecule has 1 heterocycles. The predicted octanol–water partition coefficient (Wildman–Crippen LogP) is 3.68. The number of hydrogen-bond acceptors (Lipinski definition) is 3. The van der Waals surface area contributed by atoms with Crippen molar-refractivity contribution in [2.45, 2.75) is 45.4 Å². The number of benzene rings is 1. The second kappa shape index (κ2) is 7.64. The molecule has 0 aromatic heterocycles. The Morgan fingerprint density at radius 1 is 1.30 bits per heavy atom. The minimum Gasteiger partial charge on any atom is -0.444 e. The van der Waals surface area contributed by atoms with Gasteiger partial charge in [-0.2, -0.15) is 0 Å². The van der Waals surface area contributed by atoms with Gasteiger partial charge in [-0.25, -0.2) is 4.79 Å². The second-order valence-corrected chi connectivity index (χ2v) is 7.07. The molecule has 1 aromatic rings. The summed E-state index contributed by atoms with van der Waals surface area (Å²) in [5.41, 5.74) is 0.840. The highest BCUT2D eigenvalue weighted by Crippen LogP contribution is 2.19. The van der Waals surface area contributed by atoms with Crippen LogP contribution in [0.2, 0.25) is 0 Å². The van der Waals surface area contributed by atoms with E-state index < -0.39 is 5.60 Å². The maximum atomic E-state index is 12.4. The Bertz CT molecular complexity index is 522. The van der Waals surface area contributed by atoms with Gasteiger partial charge in [0.25, 0.3) is 0 Å². The molecular formula is C19H28N2O2. The van der Waals surface area contributed by atoms with Crippen LogP contribution in [-0.2, 0) is 11.3 Å². The van der Waals surface area contributed by atoms with Crippen molar-refractivity contribution in [3.05, 3.63) is 48.6 Å². The van der Waals surface area contributed by atoms with E-state index >= 15 is 0 Å². The zero-order chi connectivity index (χ0) is 16.9. The fourth-order valence-corrected chi connectivity index (χ4v) is 2.86. The molecule has 1 atom stereocenters. The molecule has 0 bridgehead atoms. The first kappa shape index (κ1) is 17.5. The maximum Gasteiger partial charge on any atom is 0.410 e. The first-order valence-corrected chi connectivity index (χ1v) is 8.26. The van der Waals surface area contributed by atoms with E-state index in [-0.39, 0.29) is 12.1 Å². The lowest BCUT2D eigenvalue weighted by Crippen LogP contribution is -2.55. The molecule has 0 spiro atoms. The first-order chi connectivity index (χ1) is 10.9. The SMILES string of the molecule is C=CCC1CN(Cc2ccccc2)CCN1C(=O)OC(C)(C)C. The Labute approximate surface area is 139 Å². The summed E-state index contributed by atoms with van der Waals surface area (Å²) >= 11 is 0. The second-order valence-electron chi connectivity index (χ2n) is 7.07. The molecule has 1 unspecified atom stereocenters. The van der Waals surface area contributed by atoms with E-state index in [0.29, 0.717) is 6.54 Å². The van der Waals surface area contributed by atoms with E-state index in [1.165, 1.54) is 5.56 Å². The lowest BCUT2D eigenvalue weighted by atomic mass is 10.1. The van der Waals surface area contributed by atoms with Crippen LogP contribution >= 0.6 is 0 Å². The molecule has 1 fully saturated rings. The maximum absolute atomic E-state index is 12.4. The number of hydrogen-bond donors (Lipinski definition) is 0. The Morgan fingerprint density at radius 2 is 2.00 bits per heavy atom. The molecule has 0 N–H and O–H groups in total. The van der Waals surface area contributed by atoms with Crippen molar-refractivity contribution in [2.75, 3.05) is 19.6 Å². The smallest absolute Gasteiger partial charge is 0.410 e. The molecule has 0 saturated carbocycles. The molecule has 2 rings (SSSR count). The highest BCUT2D eigenvalue weighted by molar-refractivity contribution is 5.68. The number of carbonyl (C=O) groups is 1. The third kappa shape index (κ3) is 5.39. The number of piperazine rings is 1. The molecule has 126 valence electrons. The van der Waals surface area contributed by atoms with Crippen LogP contribution in [0.5, 0.6) is 0 Å². The topological polar surface area (TPSA) is 32.8 Å².